The molecule has 0 spiro atoms. The van der Waals surface area contributed by atoms with Crippen LogP contribution in [0.15, 0.2) is 24.3 Å². The lowest BCUT2D eigenvalue weighted by Gasteiger charge is -2.09. The molecule has 0 saturated carbocycles. The molecule has 2 nitrogen and oxygen atoms in total. The first-order chi connectivity index (χ1) is 6.74. The molecule has 1 aromatic carbocycles. The number of aldehydes is 1. The summed E-state index contributed by atoms with van der Waals surface area (Å²) in [6, 6.07) is 7.29. The first-order valence-electron chi connectivity index (χ1n) is 4.91. The third-order valence-corrected chi connectivity index (χ3v) is 2.00. The van der Waals surface area contributed by atoms with Gasteiger partial charge >= 0.3 is 0 Å². The lowest BCUT2D eigenvalue weighted by atomic mass is 10.1. The van der Waals surface area contributed by atoms with Crippen molar-refractivity contribution in [1.29, 1.82) is 0 Å². The van der Waals surface area contributed by atoms with E-state index in [9.17, 15) is 4.79 Å². The molecule has 1 rings (SSSR count). The van der Waals surface area contributed by atoms with Gasteiger partial charge in [-0.15, -0.1) is 0 Å². The number of carbonyl (C=O) groups is 1. The van der Waals surface area contributed by atoms with Gasteiger partial charge in [-0.3, -0.25) is 4.79 Å². The minimum Gasteiger partial charge on any atom is -0.493 e. The normalized spacial score (nSPS) is 10.2. The minimum absolute atomic E-state index is 0.622. The maximum Gasteiger partial charge on any atom is 0.153 e. The SMILES string of the molecule is CC(C)CCOc1ccccc1C=O. The zero-order valence-electron chi connectivity index (χ0n) is 8.69. The van der Waals surface area contributed by atoms with Crippen molar-refractivity contribution in [1.82, 2.24) is 0 Å². The summed E-state index contributed by atoms with van der Waals surface area (Å²) in [5.41, 5.74) is 0.622. The Morgan fingerprint density at radius 2 is 2.07 bits per heavy atom. The van der Waals surface area contributed by atoms with Crippen molar-refractivity contribution in [2.75, 3.05) is 6.61 Å². The second-order valence-electron chi connectivity index (χ2n) is 3.69. The van der Waals surface area contributed by atoms with E-state index in [2.05, 4.69) is 13.8 Å². The van der Waals surface area contributed by atoms with Crippen molar-refractivity contribution in [3.05, 3.63) is 29.8 Å². The van der Waals surface area contributed by atoms with Crippen molar-refractivity contribution in [3.8, 4) is 5.75 Å². The van der Waals surface area contributed by atoms with Crippen LogP contribution in [0.2, 0.25) is 0 Å². The van der Waals surface area contributed by atoms with Crippen LogP contribution in [0.1, 0.15) is 30.6 Å². The van der Waals surface area contributed by atoms with Crippen LogP contribution in [-0.4, -0.2) is 12.9 Å². The lowest BCUT2D eigenvalue weighted by molar-refractivity contribution is 0.111. The number of para-hydroxylation sites is 1. The van der Waals surface area contributed by atoms with Gasteiger partial charge in [-0.2, -0.15) is 0 Å². The number of hydrogen-bond donors (Lipinski definition) is 0. The van der Waals surface area contributed by atoms with Crippen molar-refractivity contribution >= 4 is 6.29 Å². The van der Waals surface area contributed by atoms with Gasteiger partial charge in [0, 0.05) is 0 Å². The molecule has 0 aliphatic carbocycles. The smallest absolute Gasteiger partial charge is 0.153 e. The zero-order chi connectivity index (χ0) is 10.4. The summed E-state index contributed by atoms with van der Waals surface area (Å²) in [4.78, 5) is 10.6. The Hall–Kier alpha value is -1.31. The van der Waals surface area contributed by atoms with E-state index in [0.717, 1.165) is 12.7 Å². The average molecular weight is 192 g/mol. The highest BCUT2D eigenvalue weighted by Crippen LogP contribution is 2.16. The van der Waals surface area contributed by atoms with E-state index in [0.29, 0.717) is 23.8 Å². The van der Waals surface area contributed by atoms with Gasteiger partial charge in [0.2, 0.25) is 0 Å². The van der Waals surface area contributed by atoms with E-state index >= 15 is 0 Å². The van der Waals surface area contributed by atoms with Crippen LogP contribution in [0, 0.1) is 5.92 Å². The monoisotopic (exact) mass is 192 g/mol. The highest BCUT2D eigenvalue weighted by atomic mass is 16.5. The highest BCUT2D eigenvalue weighted by Gasteiger charge is 2.01. The molecule has 0 aromatic heterocycles. The lowest BCUT2D eigenvalue weighted by Crippen LogP contribution is -2.02. The molecule has 0 atom stereocenters. The van der Waals surface area contributed by atoms with Gasteiger partial charge in [0.05, 0.1) is 12.2 Å². The van der Waals surface area contributed by atoms with Gasteiger partial charge in [-0.1, -0.05) is 26.0 Å². The molecule has 0 aliphatic heterocycles. The standard InChI is InChI=1S/C12H16O2/c1-10(2)7-8-14-12-6-4-3-5-11(12)9-13/h3-6,9-10H,7-8H2,1-2H3. The summed E-state index contributed by atoms with van der Waals surface area (Å²) >= 11 is 0. The first kappa shape index (κ1) is 10.8. The van der Waals surface area contributed by atoms with Gasteiger partial charge in [0.25, 0.3) is 0 Å². The van der Waals surface area contributed by atoms with E-state index in [4.69, 9.17) is 4.74 Å². The molecule has 0 N–H and O–H groups in total. The second-order valence-corrected chi connectivity index (χ2v) is 3.69. The summed E-state index contributed by atoms with van der Waals surface area (Å²) in [5, 5.41) is 0. The third kappa shape index (κ3) is 3.21. The molecule has 1 aromatic rings. The van der Waals surface area contributed by atoms with Crippen molar-refractivity contribution in [2.24, 2.45) is 5.92 Å². The summed E-state index contributed by atoms with van der Waals surface area (Å²) in [6.07, 6.45) is 1.83. The highest BCUT2D eigenvalue weighted by molar-refractivity contribution is 5.79. The van der Waals surface area contributed by atoms with Crippen molar-refractivity contribution < 1.29 is 9.53 Å². The number of carbonyl (C=O) groups excluding carboxylic acids is 1. The Morgan fingerprint density at radius 1 is 1.36 bits per heavy atom. The third-order valence-electron chi connectivity index (χ3n) is 2.00. The molecule has 0 radical (unpaired) electrons. The van der Waals surface area contributed by atoms with Crippen LogP contribution in [0.5, 0.6) is 5.75 Å². The minimum atomic E-state index is 0.622. The van der Waals surface area contributed by atoms with Gasteiger partial charge in [0.1, 0.15) is 5.75 Å². The number of hydrogen-bond acceptors (Lipinski definition) is 2. The Bertz CT molecular complexity index is 292. The molecule has 0 bridgehead atoms. The maximum atomic E-state index is 10.6. The van der Waals surface area contributed by atoms with E-state index in [-0.39, 0.29) is 0 Å². The largest absolute Gasteiger partial charge is 0.493 e. The maximum absolute atomic E-state index is 10.6. The quantitative estimate of drug-likeness (QED) is 0.670. The molecular formula is C12H16O2. The summed E-state index contributed by atoms with van der Waals surface area (Å²) in [7, 11) is 0. The van der Waals surface area contributed by atoms with Crippen LogP contribution in [0.25, 0.3) is 0 Å². The fourth-order valence-corrected chi connectivity index (χ4v) is 1.11. The fourth-order valence-electron chi connectivity index (χ4n) is 1.11. The average Bonchev–Trinajstić information content (AvgIpc) is 2.18. The van der Waals surface area contributed by atoms with Crippen LogP contribution in [0.4, 0.5) is 0 Å². The number of benzene rings is 1. The van der Waals surface area contributed by atoms with Crippen molar-refractivity contribution in [3.63, 3.8) is 0 Å². The molecule has 0 amide bonds. The topological polar surface area (TPSA) is 26.3 Å². The van der Waals surface area contributed by atoms with Crippen LogP contribution in [-0.2, 0) is 0 Å². The van der Waals surface area contributed by atoms with E-state index in [1.54, 1.807) is 6.07 Å². The Morgan fingerprint density at radius 3 is 2.71 bits per heavy atom. The predicted molar refractivity (Wildman–Crippen MR) is 56.8 cm³/mol. The van der Waals surface area contributed by atoms with Gasteiger partial charge in [-0.05, 0) is 24.5 Å². The number of ether oxygens (including phenoxy) is 1. The molecular weight excluding hydrogens is 176 g/mol. The molecule has 14 heavy (non-hydrogen) atoms. The fraction of sp³-hybridized carbons (Fsp3) is 0.417. The summed E-state index contributed by atoms with van der Waals surface area (Å²) < 4.78 is 5.51. The molecule has 0 heterocycles. The van der Waals surface area contributed by atoms with E-state index < -0.39 is 0 Å². The molecule has 0 aliphatic rings. The van der Waals surface area contributed by atoms with Crippen LogP contribution in [0.3, 0.4) is 0 Å². The molecule has 0 saturated heterocycles. The van der Waals surface area contributed by atoms with E-state index in [1.165, 1.54) is 0 Å². The summed E-state index contributed by atoms with van der Waals surface area (Å²) in [6.45, 7) is 4.96. The van der Waals surface area contributed by atoms with Crippen LogP contribution >= 0.6 is 0 Å². The molecule has 0 unspecified atom stereocenters. The van der Waals surface area contributed by atoms with Crippen molar-refractivity contribution in [2.45, 2.75) is 20.3 Å². The Balaban J connectivity index is 2.53. The molecule has 2 heteroatoms. The second kappa shape index (κ2) is 5.43. The predicted octanol–water partition coefficient (Wildman–Crippen LogP) is 2.92. The molecule has 76 valence electrons. The zero-order valence-corrected chi connectivity index (χ0v) is 8.69. The van der Waals surface area contributed by atoms with E-state index in [1.807, 2.05) is 18.2 Å². The Kier molecular flexibility index (Phi) is 4.17. The first-order valence-corrected chi connectivity index (χ1v) is 4.91. The summed E-state index contributed by atoms with van der Waals surface area (Å²) in [5.74, 6) is 1.31. The van der Waals surface area contributed by atoms with Gasteiger partial charge in [-0.25, -0.2) is 0 Å². The Labute approximate surface area is 84.9 Å². The number of rotatable bonds is 5. The van der Waals surface area contributed by atoms with Gasteiger partial charge < -0.3 is 4.74 Å². The van der Waals surface area contributed by atoms with Gasteiger partial charge in [0.15, 0.2) is 6.29 Å². The van der Waals surface area contributed by atoms with Crippen LogP contribution < -0.4 is 4.74 Å². The molecule has 0 fully saturated rings.